The molecule has 10 heteroatoms. The van der Waals surface area contributed by atoms with Crippen LogP contribution in [-0.4, -0.2) is 64.7 Å². The number of likely N-dealkylation sites (N-methyl/N-ethyl adjacent to an activating group) is 1. The van der Waals surface area contributed by atoms with Gasteiger partial charge in [-0.2, -0.15) is 13.2 Å². The maximum absolute atomic E-state index is 14.0. The molecule has 216 valence electrons. The van der Waals surface area contributed by atoms with Gasteiger partial charge in [0.2, 0.25) is 0 Å². The molecule has 3 aromatic rings. The van der Waals surface area contributed by atoms with Crippen LogP contribution < -0.4 is 10.6 Å². The highest BCUT2D eigenvalue weighted by Crippen LogP contribution is 2.34. The van der Waals surface area contributed by atoms with E-state index >= 15 is 0 Å². The first-order valence-corrected chi connectivity index (χ1v) is 13.4. The molecular weight excluding hydrogens is 529 g/mol. The Kier molecular flexibility index (Phi) is 9.00. The van der Waals surface area contributed by atoms with E-state index < -0.39 is 17.6 Å². The molecule has 2 heterocycles. The smallest absolute Gasteiger partial charge is 0.364 e. The summed E-state index contributed by atoms with van der Waals surface area (Å²) >= 11 is 0. The molecule has 2 aromatic carbocycles. The summed E-state index contributed by atoms with van der Waals surface area (Å²) in [6, 6.07) is 12.5. The van der Waals surface area contributed by atoms with Gasteiger partial charge in [0.15, 0.2) is 0 Å². The number of halogens is 3. The Balaban J connectivity index is 1.49. The third-order valence-electron chi connectivity index (χ3n) is 6.66. The molecule has 2 N–H and O–H groups in total. The summed E-state index contributed by atoms with van der Waals surface area (Å²) in [4.78, 5) is 17.2. The number of hydrogen-bond acceptors (Lipinski definition) is 6. The quantitative estimate of drug-likeness (QED) is 0.404. The molecule has 7 nitrogen and oxygen atoms in total. The summed E-state index contributed by atoms with van der Waals surface area (Å²) in [5.74, 6) is 6.10. The molecule has 0 radical (unpaired) electrons. The van der Waals surface area contributed by atoms with E-state index in [1.807, 2.05) is 39.6 Å². The zero-order valence-corrected chi connectivity index (χ0v) is 24.0. The minimum Gasteiger partial charge on any atom is -0.364 e. The van der Waals surface area contributed by atoms with E-state index in [0.717, 1.165) is 24.7 Å². The van der Waals surface area contributed by atoms with Crippen LogP contribution in [0.5, 0.6) is 0 Å². The standard InChI is InChI=1S/C31H35F3N6O/c1-21-6-7-23(18-22(21)8-10-25-12-13-28(38-37-25)36-30(2,3)4)29(41)35-26-11-9-24(27(19-26)31(32,33)34)20-40-16-14-39(5)15-17-40/h6-7,9,11-13,18-19H,14-17,20H2,1-5H3,(H,35,41)(H,36,38). The van der Waals surface area contributed by atoms with Crippen molar-refractivity contribution in [3.8, 4) is 11.8 Å². The highest BCUT2D eigenvalue weighted by molar-refractivity contribution is 6.04. The van der Waals surface area contributed by atoms with Gasteiger partial charge in [-0.25, -0.2) is 0 Å². The minimum atomic E-state index is -4.54. The fraction of sp³-hybridized carbons (Fsp3) is 0.387. The van der Waals surface area contributed by atoms with Crippen LogP contribution in [0, 0.1) is 18.8 Å². The number of piperazine rings is 1. The number of nitrogens with zero attached hydrogens (tertiary/aromatic N) is 4. The van der Waals surface area contributed by atoms with Crippen molar-refractivity contribution in [2.24, 2.45) is 0 Å². The second kappa shape index (κ2) is 12.3. The lowest BCUT2D eigenvalue weighted by Gasteiger charge is -2.33. The van der Waals surface area contributed by atoms with E-state index in [4.69, 9.17) is 0 Å². The number of benzene rings is 2. The average Bonchev–Trinajstić information content (AvgIpc) is 2.89. The first kappa shape index (κ1) is 30.0. The molecule has 1 amide bonds. The van der Waals surface area contributed by atoms with Gasteiger partial charge in [0, 0.05) is 55.1 Å². The fourth-order valence-corrected chi connectivity index (χ4v) is 4.39. The van der Waals surface area contributed by atoms with Crippen LogP contribution in [-0.2, 0) is 12.7 Å². The van der Waals surface area contributed by atoms with E-state index in [-0.39, 0.29) is 28.9 Å². The van der Waals surface area contributed by atoms with Crippen LogP contribution >= 0.6 is 0 Å². The number of aryl methyl sites for hydroxylation is 1. The van der Waals surface area contributed by atoms with Gasteiger partial charge in [-0.05, 0) is 88.2 Å². The molecular formula is C31H35F3N6O. The van der Waals surface area contributed by atoms with Gasteiger partial charge in [0.1, 0.15) is 11.5 Å². The summed E-state index contributed by atoms with van der Waals surface area (Å²) in [5.41, 5.74) is 1.59. The maximum atomic E-state index is 14.0. The first-order valence-electron chi connectivity index (χ1n) is 13.4. The van der Waals surface area contributed by atoms with Gasteiger partial charge in [-0.15, -0.1) is 10.2 Å². The molecule has 0 bridgehead atoms. The lowest BCUT2D eigenvalue weighted by atomic mass is 10.0. The summed E-state index contributed by atoms with van der Waals surface area (Å²) in [7, 11) is 2.00. The molecule has 0 atom stereocenters. The molecule has 1 aliphatic rings. The predicted octanol–water partition coefficient (Wildman–Crippen LogP) is 5.41. The van der Waals surface area contributed by atoms with Crippen molar-refractivity contribution < 1.29 is 18.0 Å². The van der Waals surface area contributed by atoms with Crippen molar-refractivity contribution >= 4 is 17.4 Å². The normalized spacial score (nSPS) is 14.7. The van der Waals surface area contributed by atoms with Crippen LogP contribution in [0.1, 0.15) is 59.1 Å². The number of nitrogens with one attached hydrogen (secondary N) is 2. The Morgan fingerprint density at radius 3 is 2.32 bits per heavy atom. The molecule has 1 fully saturated rings. The van der Waals surface area contributed by atoms with Gasteiger partial charge in [0.25, 0.3) is 5.91 Å². The number of hydrogen-bond donors (Lipinski definition) is 2. The average molecular weight is 565 g/mol. The van der Waals surface area contributed by atoms with Gasteiger partial charge in [-0.1, -0.05) is 18.1 Å². The van der Waals surface area contributed by atoms with E-state index in [9.17, 15) is 18.0 Å². The van der Waals surface area contributed by atoms with Gasteiger partial charge >= 0.3 is 6.18 Å². The molecule has 0 unspecified atom stereocenters. The topological polar surface area (TPSA) is 73.4 Å². The molecule has 1 aliphatic heterocycles. The monoisotopic (exact) mass is 564 g/mol. The predicted molar refractivity (Wildman–Crippen MR) is 155 cm³/mol. The Bertz CT molecular complexity index is 1440. The third kappa shape index (κ3) is 8.52. The number of rotatable bonds is 5. The van der Waals surface area contributed by atoms with Crippen LogP contribution in [0.25, 0.3) is 0 Å². The van der Waals surface area contributed by atoms with Gasteiger partial charge in [-0.3, -0.25) is 9.69 Å². The van der Waals surface area contributed by atoms with Crippen molar-refractivity contribution in [1.29, 1.82) is 0 Å². The van der Waals surface area contributed by atoms with Crippen molar-refractivity contribution in [3.63, 3.8) is 0 Å². The van der Waals surface area contributed by atoms with E-state index in [2.05, 4.69) is 37.6 Å². The van der Waals surface area contributed by atoms with E-state index in [0.29, 0.717) is 30.2 Å². The molecule has 1 aromatic heterocycles. The first-order chi connectivity index (χ1) is 19.3. The highest BCUT2D eigenvalue weighted by atomic mass is 19.4. The zero-order chi connectivity index (χ0) is 29.8. The largest absolute Gasteiger partial charge is 0.416 e. The third-order valence-corrected chi connectivity index (χ3v) is 6.66. The number of aromatic nitrogens is 2. The number of carbonyl (C=O) groups excluding carboxylic acids is 1. The molecule has 0 spiro atoms. The van der Waals surface area contributed by atoms with Crippen molar-refractivity contribution in [1.82, 2.24) is 20.0 Å². The summed E-state index contributed by atoms with van der Waals surface area (Å²) in [6.07, 6.45) is -4.54. The van der Waals surface area contributed by atoms with Crippen LogP contribution in [0.2, 0.25) is 0 Å². The van der Waals surface area contributed by atoms with Crippen molar-refractivity contribution in [3.05, 3.63) is 82.0 Å². The number of anilines is 2. The van der Waals surface area contributed by atoms with Gasteiger partial charge < -0.3 is 15.5 Å². The maximum Gasteiger partial charge on any atom is 0.416 e. The minimum absolute atomic E-state index is 0.0805. The zero-order valence-electron chi connectivity index (χ0n) is 24.0. The highest BCUT2D eigenvalue weighted by Gasteiger charge is 2.34. The molecule has 0 aliphatic carbocycles. The van der Waals surface area contributed by atoms with Crippen LogP contribution in [0.3, 0.4) is 0 Å². The lowest BCUT2D eigenvalue weighted by molar-refractivity contribution is -0.138. The SMILES string of the molecule is Cc1ccc(C(=O)Nc2ccc(CN3CCN(C)CC3)c(C(F)(F)F)c2)cc1C#Cc1ccc(NC(C)(C)C)nn1. The molecule has 4 rings (SSSR count). The van der Waals surface area contributed by atoms with E-state index in [1.54, 1.807) is 30.3 Å². The number of amides is 1. The fourth-order valence-electron chi connectivity index (χ4n) is 4.39. The Hall–Kier alpha value is -3.94. The summed E-state index contributed by atoms with van der Waals surface area (Å²) in [6.45, 7) is 11.2. The Morgan fingerprint density at radius 2 is 1.68 bits per heavy atom. The summed E-state index contributed by atoms with van der Waals surface area (Å²) < 4.78 is 41.9. The lowest BCUT2D eigenvalue weighted by Crippen LogP contribution is -2.44. The number of alkyl halides is 3. The Labute approximate surface area is 239 Å². The number of carbonyl (C=O) groups is 1. The van der Waals surface area contributed by atoms with Crippen LogP contribution in [0.15, 0.2) is 48.5 Å². The molecule has 1 saturated heterocycles. The van der Waals surface area contributed by atoms with E-state index in [1.165, 1.54) is 12.1 Å². The van der Waals surface area contributed by atoms with Gasteiger partial charge in [0.05, 0.1) is 5.56 Å². The van der Waals surface area contributed by atoms with Crippen molar-refractivity contribution in [2.75, 3.05) is 43.9 Å². The Morgan fingerprint density at radius 1 is 0.951 bits per heavy atom. The molecule has 0 saturated carbocycles. The van der Waals surface area contributed by atoms with Crippen molar-refractivity contribution in [2.45, 2.75) is 46.0 Å². The second-order valence-electron chi connectivity index (χ2n) is 11.4. The van der Waals surface area contributed by atoms with Crippen LogP contribution in [0.4, 0.5) is 24.7 Å². The molecule has 41 heavy (non-hydrogen) atoms. The second-order valence-corrected chi connectivity index (χ2v) is 11.4. The summed E-state index contributed by atoms with van der Waals surface area (Å²) in [5, 5.41) is 14.1.